The first-order chi connectivity index (χ1) is 11.1. The van der Waals surface area contributed by atoms with Gasteiger partial charge in [0.2, 0.25) is 15.9 Å². The molecule has 134 valence electrons. The van der Waals surface area contributed by atoms with Gasteiger partial charge in [-0.25, -0.2) is 8.42 Å². The highest BCUT2D eigenvalue weighted by Crippen LogP contribution is 2.30. The van der Waals surface area contributed by atoms with Crippen molar-refractivity contribution in [2.45, 2.75) is 43.3 Å². The van der Waals surface area contributed by atoms with Crippen LogP contribution in [0.25, 0.3) is 0 Å². The van der Waals surface area contributed by atoms with Gasteiger partial charge in [-0.05, 0) is 31.0 Å². The van der Waals surface area contributed by atoms with Gasteiger partial charge in [-0.2, -0.15) is 4.31 Å². The lowest BCUT2D eigenvalue weighted by molar-refractivity contribution is -0.113. The molecule has 0 spiro atoms. The molecule has 5 nitrogen and oxygen atoms in total. The van der Waals surface area contributed by atoms with Gasteiger partial charge in [0.1, 0.15) is 4.90 Å². The monoisotopic (exact) mass is 390 g/mol. The molecule has 0 radical (unpaired) electrons. The lowest BCUT2D eigenvalue weighted by atomic mass is 10.3. The van der Waals surface area contributed by atoms with E-state index in [1.807, 2.05) is 20.8 Å². The normalized spacial score (nSPS) is 16.3. The Morgan fingerprint density at radius 2 is 1.92 bits per heavy atom. The topological polar surface area (TPSA) is 66.5 Å². The number of hydrogen-bond acceptors (Lipinski definition) is 4. The van der Waals surface area contributed by atoms with Crippen LogP contribution in [0.2, 0.25) is 5.02 Å². The van der Waals surface area contributed by atoms with Crippen LogP contribution in [-0.2, 0) is 14.8 Å². The molecule has 0 atom stereocenters. The zero-order valence-electron chi connectivity index (χ0n) is 14.1. The zero-order valence-corrected chi connectivity index (χ0v) is 16.5. The number of halogens is 1. The van der Waals surface area contributed by atoms with E-state index in [4.69, 9.17) is 11.6 Å². The standard InChI is InChI=1S/C16H23ClN2O3S2/c1-16(2,3)23-11-15(20)18-12-6-7-13(17)14(10-12)24(21,22)19-8-4-5-9-19/h6-7,10H,4-5,8-9,11H2,1-3H3,(H,18,20). The molecule has 0 saturated carbocycles. The second-order valence-corrected chi connectivity index (χ2v) is 10.8. The lowest BCUT2D eigenvalue weighted by Crippen LogP contribution is -2.28. The SMILES string of the molecule is CC(C)(C)SCC(=O)Nc1ccc(Cl)c(S(=O)(=O)N2CCCC2)c1. The molecule has 0 bridgehead atoms. The number of hydrogen-bond donors (Lipinski definition) is 1. The maximum atomic E-state index is 12.7. The first kappa shape index (κ1) is 19.6. The fourth-order valence-electron chi connectivity index (χ4n) is 2.33. The molecule has 1 fully saturated rings. The van der Waals surface area contributed by atoms with Crippen molar-refractivity contribution in [3.8, 4) is 0 Å². The second kappa shape index (κ2) is 7.64. The number of nitrogens with zero attached hydrogens (tertiary/aromatic N) is 1. The number of anilines is 1. The Hall–Kier alpha value is -0.760. The predicted molar refractivity (Wildman–Crippen MR) is 100 cm³/mol. The summed E-state index contributed by atoms with van der Waals surface area (Å²) >= 11 is 7.62. The molecule has 1 aromatic carbocycles. The average Bonchev–Trinajstić information content (AvgIpc) is 3.01. The van der Waals surface area contributed by atoms with Crippen LogP contribution in [0.4, 0.5) is 5.69 Å². The van der Waals surface area contributed by atoms with E-state index in [9.17, 15) is 13.2 Å². The van der Waals surface area contributed by atoms with E-state index in [0.717, 1.165) is 12.8 Å². The molecule has 1 aromatic rings. The summed E-state index contributed by atoms with van der Waals surface area (Å²) in [6, 6.07) is 4.57. The Morgan fingerprint density at radius 3 is 2.50 bits per heavy atom. The Kier molecular flexibility index (Phi) is 6.23. The van der Waals surface area contributed by atoms with Crippen LogP contribution >= 0.6 is 23.4 Å². The number of carbonyl (C=O) groups excluding carboxylic acids is 1. The van der Waals surface area contributed by atoms with E-state index in [2.05, 4.69) is 5.32 Å². The molecule has 2 rings (SSSR count). The molecular formula is C16H23ClN2O3S2. The second-order valence-electron chi connectivity index (χ2n) is 6.71. The minimum absolute atomic E-state index is 0.0123. The van der Waals surface area contributed by atoms with Crippen LogP contribution in [0.3, 0.4) is 0 Å². The van der Waals surface area contributed by atoms with Gasteiger partial charge in [0.25, 0.3) is 0 Å². The van der Waals surface area contributed by atoms with E-state index in [1.165, 1.54) is 28.2 Å². The number of thioether (sulfide) groups is 1. The summed E-state index contributed by atoms with van der Waals surface area (Å²) in [5.41, 5.74) is 0.441. The molecule has 0 aliphatic carbocycles. The third-order valence-electron chi connectivity index (χ3n) is 3.53. The fourth-order valence-corrected chi connectivity index (χ4v) is 4.98. The summed E-state index contributed by atoms with van der Waals surface area (Å²) in [5, 5.41) is 2.91. The number of carbonyl (C=O) groups is 1. The predicted octanol–water partition coefficient (Wildman–Crippen LogP) is 3.59. The third-order valence-corrected chi connectivity index (χ3v) is 7.19. The van der Waals surface area contributed by atoms with Gasteiger partial charge >= 0.3 is 0 Å². The molecule has 1 amide bonds. The summed E-state index contributed by atoms with van der Waals surface area (Å²) in [4.78, 5) is 12.1. The van der Waals surface area contributed by atoms with Gasteiger partial charge in [-0.15, -0.1) is 11.8 Å². The Bertz CT molecular complexity index is 709. The van der Waals surface area contributed by atoms with E-state index in [1.54, 1.807) is 6.07 Å². The van der Waals surface area contributed by atoms with Gasteiger partial charge in [0.15, 0.2) is 0 Å². The van der Waals surface area contributed by atoms with Crippen molar-refractivity contribution in [3.63, 3.8) is 0 Å². The number of nitrogens with one attached hydrogen (secondary N) is 1. The molecule has 0 unspecified atom stereocenters. The maximum Gasteiger partial charge on any atom is 0.244 e. The molecule has 1 N–H and O–H groups in total. The van der Waals surface area contributed by atoms with Gasteiger partial charge in [0, 0.05) is 23.5 Å². The first-order valence-electron chi connectivity index (χ1n) is 7.83. The van der Waals surface area contributed by atoms with Crippen LogP contribution in [-0.4, -0.2) is 42.2 Å². The molecule has 1 heterocycles. The van der Waals surface area contributed by atoms with Crippen molar-refractivity contribution < 1.29 is 13.2 Å². The summed E-state index contributed by atoms with van der Waals surface area (Å²) in [6.45, 7) is 7.13. The van der Waals surface area contributed by atoms with Crippen molar-refractivity contribution in [2.75, 3.05) is 24.2 Å². The summed E-state index contributed by atoms with van der Waals surface area (Å²) in [5.74, 6) is 0.141. The summed E-state index contributed by atoms with van der Waals surface area (Å²) in [7, 11) is -3.62. The fraction of sp³-hybridized carbons (Fsp3) is 0.562. The lowest BCUT2D eigenvalue weighted by Gasteiger charge is -2.18. The van der Waals surface area contributed by atoms with E-state index in [-0.39, 0.29) is 20.6 Å². The molecule has 1 aliphatic rings. The minimum atomic E-state index is -3.62. The Labute approximate surface area is 153 Å². The van der Waals surface area contributed by atoms with Crippen LogP contribution in [0.15, 0.2) is 23.1 Å². The zero-order chi connectivity index (χ0) is 18.0. The first-order valence-corrected chi connectivity index (χ1v) is 10.6. The van der Waals surface area contributed by atoms with Crippen molar-refractivity contribution in [1.82, 2.24) is 4.31 Å². The van der Waals surface area contributed by atoms with Gasteiger partial charge in [-0.3, -0.25) is 4.79 Å². The molecule has 0 aromatic heterocycles. The Balaban J connectivity index is 2.15. The number of sulfonamides is 1. The van der Waals surface area contributed by atoms with Crippen LogP contribution in [0.5, 0.6) is 0 Å². The largest absolute Gasteiger partial charge is 0.325 e. The van der Waals surface area contributed by atoms with E-state index < -0.39 is 10.0 Å². The molecule has 1 aliphatic heterocycles. The number of benzene rings is 1. The summed E-state index contributed by atoms with van der Waals surface area (Å²) < 4.78 is 26.8. The van der Waals surface area contributed by atoms with Crippen LogP contribution < -0.4 is 5.32 Å². The van der Waals surface area contributed by atoms with E-state index >= 15 is 0 Å². The summed E-state index contributed by atoms with van der Waals surface area (Å²) in [6.07, 6.45) is 1.72. The van der Waals surface area contributed by atoms with Gasteiger partial charge in [-0.1, -0.05) is 32.4 Å². The maximum absolute atomic E-state index is 12.7. The van der Waals surface area contributed by atoms with Crippen LogP contribution in [0, 0.1) is 0 Å². The van der Waals surface area contributed by atoms with Crippen LogP contribution in [0.1, 0.15) is 33.6 Å². The molecule has 24 heavy (non-hydrogen) atoms. The van der Waals surface area contributed by atoms with Crippen molar-refractivity contribution in [2.24, 2.45) is 0 Å². The molecule has 1 saturated heterocycles. The van der Waals surface area contributed by atoms with Gasteiger partial charge in [0.05, 0.1) is 10.8 Å². The minimum Gasteiger partial charge on any atom is -0.325 e. The Morgan fingerprint density at radius 1 is 1.29 bits per heavy atom. The highest BCUT2D eigenvalue weighted by atomic mass is 35.5. The third kappa shape index (κ3) is 5.12. The number of amides is 1. The average molecular weight is 391 g/mol. The quantitative estimate of drug-likeness (QED) is 0.834. The number of rotatable bonds is 5. The highest BCUT2D eigenvalue weighted by molar-refractivity contribution is 8.01. The smallest absolute Gasteiger partial charge is 0.244 e. The molecular weight excluding hydrogens is 368 g/mol. The van der Waals surface area contributed by atoms with Crippen molar-refractivity contribution in [1.29, 1.82) is 0 Å². The van der Waals surface area contributed by atoms with Crippen molar-refractivity contribution in [3.05, 3.63) is 23.2 Å². The van der Waals surface area contributed by atoms with E-state index in [0.29, 0.717) is 24.5 Å². The molecule has 8 heteroatoms. The van der Waals surface area contributed by atoms with Gasteiger partial charge < -0.3 is 5.32 Å². The highest BCUT2D eigenvalue weighted by Gasteiger charge is 2.29. The van der Waals surface area contributed by atoms with Crippen molar-refractivity contribution >= 4 is 45.0 Å².